The Kier molecular flexibility index (Phi) is 2.40. The first-order valence-corrected chi connectivity index (χ1v) is 11.5. The minimum atomic E-state index is -3.57. The molecule has 35 heavy (non-hydrogen) atoms. The molecule has 2 aromatic heterocycles. The Morgan fingerprint density at radius 3 is 2.83 bits per heavy atom. The fraction of sp³-hybridized carbons (Fsp3) is 0.556. The number of aromatic nitrogens is 3. The second-order valence-corrected chi connectivity index (χ2v) is 10.0. The molecule has 0 saturated carbocycles. The van der Waals surface area contributed by atoms with Crippen LogP contribution in [0.3, 0.4) is 0 Å². The first-order valence-electron chi connectivity index (χ1n) is 20.7. The van der Waals surface area contributed by atoms with Crippen molar-refractivity contribution < 1.29 is 41.7 Å². The van der Waals surface area contributed by atoms with Crippen LogP contribution in [0, 0.1) is 12.3 Å². The molecule has 1 aromatic carbocycles. The summed E-state index contributed by atoms with van der Waals surface area (Å²) in [7, 11) is 0. The molecule has 0 unspecified atom stereocenters. The molecule has 1 aliphatic heterocycles. The molecule has 0 N–H and O–H groups in total. The van der Waals surface area contributed by atoms with Gasteiger partial charge in [-0.05, 0) is 50.5 Å². The van der Waals surface area contributed by atoms with Gasteiger partial charge in [0.1, 0.15) is 17.0 Å². The number of nitrogens with zero attached hydrogens (tertiary/aromatic N) is 4. The minimum Gasteiger partial charge on any atom is -0.492 e. The van der Waals surface area contributed by atoms with Crippen molar-refractivity contribution in [3.05, 3.63) is 39.0 Å². The standard InChI is InChI=1S/C27H34N4O3S/c1-7-34-20-13-17(12-18-16(2)29-30(6)23(18)20)24(33)31-10-8-27(9-11-31)14-19(32)22-21(15-27)35-25(28-22)26(3,4)5/h12-13H,7-11,14-15H2,1-6H3/i1D3,2D3,3D3,4D3,5D3,6D3,7D2. The van der Waals surface area contributed by atoms with Gasteiger partial charge in [-0.25, -0.2) is 4.98 Å². The van der Waals surface area contributed by atoms with Crippen molar-refractivity contribution >= 4 is 33.9 Å². The molecule has 0 radical (unpaired) electrons. The summed E-state index contributed by atoms with van der Waals surface area (Å²) in [6.07, 6.45) is 0.255. The minimum absolute atomic E-state index is 0.0259. The van der Waals surface area contributed by atoms with Gasteiger partial charge >= 0.3 is 0 Å². The van der Waals surface area contributed by atoms with Crippen LogP contribution in [0.2, 0.25) is 0 Å². The van der Waals surface area contributed by atoms with Crippen LogP contribution in [-0.2, 0) is 18.8 Å². The smallest absolute Gasteiger partial charge is 0.254 e. The molecule has 1 amide bonds. The van der Waals surface area contributed by atoms with E-state index in [1.165, 1.54) is 4.90 Å². The summed E-state index contributed by atoms with van der Waals surface area (Å²) in [5.74, 6) is -2.11. The number of thiazole rings is 1. The largest absolute Gasteiger partial charge is 0.492 e. The monoisotopic (exact) mass is 514 g/mol. The molecule has 0 atom stereocenters. The Balaban J connectivity index is 1.51. The second kappa shape index (κ2) is 8.43. The Morgan fingerprint density at radius 2 is 2.11 bits per heavy atom. The van der Waals surface area contributed by atoms with Gasteiger partial charge in [-0.3, -0.25) is 14.3 Å². The summed E-state index contributed by atoms with van der Waals surface area (Å²) in [5.41, 5.74) is -6.12. The van der Waals surface area contributed by atoms with Gasteiger partial charge in [0.2, 0.25) is 0 Å². The van der Waals surface area contributed by atoms with Crippen molar-refractivity contribution in [3.8, 4) is 5.75 Å². The van der Waals surface area contributed by atoms with Crippen molar-refractivity contribution in [1.29, 1.82) is 0 Å². The van der Waals surface area contributed by atoms with Crippen molar-refractivity contribution in [1.82, 2.24) is 19.7 Å². The molecule has 186 valence electrons. The first-order chi connectivity index (χ1) is 24.6. The van der Waals surface area contributed by atoms with Crippen molar-refractivity contribution in [2.24, 2.45) is 12.4 Å². The highest BCUT2D eigenvalue weighted by Gasteiger charge is 2.44. The number of Topliss-reactive ketones (excluding diaryl/α,β-unsaturated/α-hetero) is 1. The number of amides is 1. The van der Waals surface area contributed by atoms with Crippen LogP contribution in [0.25, 0.3) is 10.9 Å². The van der Waals surface area contributed by atoms with E-state index in [1.807, 2.05) is 0 Å². The van der Waals surface area contributed by atoms with Crippen LogP contribution < -0.4 is 4.74 Å². The molecule has 2 aliphatic rings. The van der Waals surface area contributed by atoms with E-state index < -0.39 is 97.7 Å². The summed E-state index contributed by atoms with van der Waals surface area (Å²) in [4.78, 5) is 33.1. The lowest BCUT2D eigenvalue weighted by atomic mass is 9.68. The predicted molar refractivity (Wildman–Crippen MR) is 138 cm³/mol. The van der Waals surface area contributed by atoms with Crippen molar-refractivity contribution in [2.45, 2.75) is 65.4 Å². The van der Waals surface area contributed by atoms with Gasteiger partial charge in [-0.1, -0.05) is 20.6 Å². The molecular weight excluding hydrogens is 460 g/mol. The maximum absolute atomic E-state index is 14.0. The Hall–Kier alpha value is -2.74. The van der Waals surface area contributed by atoms with Gasteiger partial charge in [0.15, 0.2) is 5.78 Å². The SMILES string of the molecule is [2H]C([2H])([2H])c1nn(C([2H])([2H])[2H])c2c(OC([2H])([2H])C([2H])([2H])[2H])cc(C(=O)N3CCC4(CC3)CC(=O)c3nc(C(C([2H])([2H])[2H])(C([2H])([2H])[2H])C([2H])([2H])[2H])sc3C4)cc12. The van der Waals surface area contributed by atoms with Crippen LogP contribution in [0.1, 0.15) is 111 Å². The number of piperidine rings is 1. The Morgan fingerprint density at radius 1 is 1.29 bits per heavy atom. The normalized spacial score (nSPS) is 28.8. The zero-order chi connectivity index (χ0) is 41.9. The predicted octanol–water partition coefficient (Wildman–Crippen LogP) is 5.09. The number of benzene rings is 1. The third kappa shape index (κ3) is 4.15. The molecule has 3 heterocycles. The number of ether oxygens (including phenoxy) is 1. The maximum Gasteiger partial charge on any atom is 0.254 e. The number of aryl methyl sites for hydroxylation is 2. The molecule has 1 aliphatic carbocycles. The number of hydrogen-bond donors (Lipinski definition) is 0. The topological polar surface area (TPSA) is 77.3 Å². The van der Waals surface area contributed by atoms with Gasteiger partial charge in [-0.2, -0.15) is 5.10 Å². The lowest BCUT2D eigenvalue weighted by molar-refractivity contribution is 0.0522. The molecule has 7 nitrogen and oxygen atoms in total. The Bertz CT molecular complexity index is 1970. The number of hydrogen-bond acceptors (Lipinski definition) is 6. The van der Waals surface area contributed by atoms with Crippen LogP contribution >= 0.6 is 11.3 Å². The van der Waals surface area contributed by atoms with Crippen LogP contribution in [0.15, 0.2) is 12.1 Å². The van der Waals surface area contributed by atoms with Crippen molar-refractivity contribution in [2.75, 3.05) is 19.6 Å². The maximum atomic E-state index is 14.0. The van der Waals surface area contributed by atoms with Gasteiger partial charge in [0.05, 0.1) is 20.0 Å². The second-order valence-electron chi connectivity index (χ2n) is 8.94. The van der Waals surface area contributed by atoms with Crippen LogP contribution in [0.5, 0.6) is 5.75 Å². The van der Waals surface area contributed by atoms with Gasteiger partial charge in [-0.15, -0.1) is 11.3 Å². The highest BCUT2D eigenvalue weighted by Crippen LogP contribution is 2.46. The van der Waals surface area contributed by atoms with Crippen LogP contribution in [-0.4, -0.2) is 51.0 Å². The number of ketones is 1. The summed E-state index contributed by atoms with van der Waals surface area (Å²) in [6, 6.07) is 1.94. The number of rotatable bonds is 3. The van der Waals surface area contributed by atoms with Gasteiger partial charge in [0, 0.05) is 72.4 Å². The third-order valence-corrected chi connectivity index (χ3v) is 7.79. The molecule has 5 rings (SSSR count). The number of carbonyl (C=O) groups is 2. The van der Waals surface area contributed by atoms with Gasteiger partial charge < -0.3 is 9.64 Å². The van der Waals surface area contributed by atoms with Crippen molar-refractivity contribution in [3.63, 3.8) is 0 Å². The fourth-order valence-electron chi connectivity index (χ4n) is 4.86. The first kappa shape index (κ1) is 9.96. The fourth-order valence-corrected chi connectivity index (χ4v) is 6.02. The highest BCUT2D eigenvalue weighted by atomic mass is 32.1. The van der Waals surface area contributed by atoms with Crippen LogP contribution in [0.4, 0.5) is 0 Å². The van der Waals surface area contributed by atoms with E-state index in [9.17, 15) is 9.59 Å². The molecule has 8 heteroatoms. The van der Waals surface area contributed by atoms with Gasteiger partial charge in [0.25, 0.3) is 5.91 Å². The summed E-state index contributed by atoms with van der Waals surface area (Å²) in [6.45, 7) is -23.8. The lowest BCUT2D eigenvalue weighted by Gasteiger charge is -2.43. The number of carbonyl (C=O) groups excluding carboxylic acids is 2. The highest BCUT2D eigenvalue weighted by molar-refractivity contribution is 7.12. The summed E-state index contributed by atoms with van der Waals surface area (Å²) in [5, 5.41) is 2.57. The summed E-state index contributed by atoms with van der Waals surface area (Å²) < 4.78 is 164. The average Bonchev–Trinajstić information content (AvgIpc) is 3.57. The zero-order valence-electron chi connectivity index (χ0n) is 38.3. The average molecular weight is 515 g/mol. The molecule has 0 bridgehead atoms. The molecule has 1 spiro atoms. The molecule has 1 fully saturated rings. The van der Waals surface area contributed by atoms with E-state index in [4.69, 9.17) is 32.2 Å². The molecule has 1 saturated heterocycles. The van der Waals surface area contributed by atoms with E-state index in [2.05, 4.69) is 10.1 Å². The van der Waals surface area contributed by atoms with E-state index in [-0.39, 0.29) is 59.6 Å². The zero-order valence-corrected chi connectivity index (χ0v) is 19.1. The third-order valence-electron chi connectivity index (χ3n) is 6.61. The quantitative estimate of drug-likeness (QED) is 0.487. The Labute approximate surface area is 238 Å². The number of likely N-dealkylation sites (tertiary alicyclic amines) is 1. The lowest BCUT2D eigenvalue weighted by Crippen LogP contribution is -2.46. The van der Waals surface area contributed by atoms with E-state index in [0.717, 1.165) is 12.1 Å². The van der Waals surface area contributed by atoms with E-state index >= 15 is 0 Å². The molecule has 3 aromatic rings. The van der Waals surface area contributed by atoms with E-state index in [0.29, 0.717) is 11.3 Å². The summed E-state index contributed by atoms with van der Waals surface area (Å²) >= 11 is 0.543. The molecular formula is C27H34N4O3S. The number of fused-ring (bicyclic) bond motifs is 2. The van der Waals surface area contributed by atoms with E-state index in [1.54, 1.807) is 0 Å².